The minimum absolute atomic E-state index is 0.435. The van der Waals surface area contributed by atoms with Gasteiger partial charge in [0.1, 0.15) is 5.78 Å². The van der Waals surface area contributed by atoms with Crippen LogP contribution < -0.4 is 0 Å². The molecule has 108 valence electrons. The average Bonchev–Trinajstić information content (AvgIpc) is 2.49. The lowest BCUT2D eigenvalue weighted by Gasteiger charge is -2.17. The quantitative estimate of drug-likeness (QED) is 0.583. The van der Waals surface area contributed by atoms with Crippen LogP contribution in [0.1, 0.15) is 69.4 Å². The van der Waals surface area contributed by atoms with Gasteiger partial charge in [0, 0.05) is 12.8 Å². The van der Waals surface area contributed by atoms with Crippen molar-refractivity contribution in [1.29, 1.82) is 0 Å². The lowest BCUT2D eigenvalue weighted by molar-refractivity contribution is -0.119. The first-order valence-electron chi connectivity index (χ1n) is 8.10. The van der Waals surface area contributed by atoms with E-state index in [2.05, 4.69) is 37.3 Å². The molecule has 0 radical (unpaired) electrons. The van der Waals surface area contributed by atoms with Gasteiger partial charge in [0.2, 0.25) is 0 Å². The third-order valence-corrected chi connectivity index (χ3v) is 4.15. The van der Waals surface area contributed by atoms with Crippen molar-refractivity contribution in [3.05, 3.63) is 41.5 Å². The van der Waals surface area contributed by atoms with Crippen molar-refractivity contribution in [1.82, 2.24) is 0 Å². The van der Waals surface area contributed by atoms with E-state index in [0.717, 1.165) is 32.1 Å². The van der Waals surface area contributed by atoms with Gasteiger partial charge in [0.25, 0.3) is 0 Å². The minimum Gasteiger partial charge on any atom is -0.300 e. The number of Topliss-reactive ketones (excluding diaryl/α,β-unsaturated/α-hetero) is 1. The van der Waals surface area contributed by atoms with E-state index in [9.17, 15) is 4.79 Å². The number of carbonyl (C=O) groups excluding carboxylic acids is 1. The highest BCUT2D eigenvalue weighted by atomic mass is 16.1. The van der Waals surface area contributed by atoms with Gasteiger partial charge in [-0.15, -0.1) is 0 Å². The maximum absolute atomic E-state index is 11.9. The van der Waals surface area contributed by atoms with E-state index < -0.39 is 0 Å². The Bertz CT molecular complexity index is 470. The summed E-state index contributed by atoms with van der Waals surface area (Å²) in [5.74, 6) is 0.435. The van der Waals surface area contributed by atoms with E-state index in [0.29, 0.717) is 12.2 Å². The largest absolute Gasteiger partial charge is 0.300 e. The molecule has 0 aromatic heterocycles. The Morgan fingerprint density at radius 2 is 1.95 bits per heavy atom. The molecule has 2 rings (SSSR count). The van der Waals surface area contributed by atoms with Crippen LogP contribution in [0.25, 0.3) is 5.57 Å². The van der Waals surface area contributed by atoms with Crippen molar-refractivity contribution >= 4 is 11.4 Å². The Labute approximate surface area is 123 Å². The third-order valence-electron chi connectivity index (χ3n) is 4.15. The van der Waals surface area contributed by atoms with E-state index in [1.54, 1.807) is 0 Å². The molecule has 0 unspecified atom stereocenters. The molecule has 0 saturated carbocycles. The van der Waals surface area contributed by atoms with Crippen molar-refractivity contribution in [2.24, 2.45) is 0 Å². The van der Waals surface area contributed by atoms with Crippen LogP contribution in [0, 0.1) is 0 Å². The Morgan fingerprint density at radius 1 is 1.10 bits per heavy atom. The smallest absolute Gasteiger partial charge is 0.133 e. The number of carbonyl (C=O) groups is 1. The van der Waals surface area contributed by atoms with Gasteiger partial charge in [-0.1, -0.05) is 56.5 Å². The molecule has 1 aliphatic carbocycles. The summed E-state index contributed by atoms with van der Waals surface area (Å²) >= 11 is 0. The summed E-state index contributed by atoms with van der Waals surface area (Å²) in [7, 11) is 0. The molecule has 1 aromatic rings. The van der Waals surface area contributed by atoms with Gasteiger partial charge in [0.15, 0.2) is 0 Å². The molecule has 0 heterocycles. The maximum atomic E-state index is 11.9. The first kappa shape index (κ1) is 15.0. The molecular weight excluding hydrogens is 244 g/mol. The minimum atomic E-state index is 0.435. The highest BCUT2D eigenvalue weighted by molar-refractivity contribution is 5.81. The van der Waals surface area contributed by atoms with Gasteiger partial charge < -0.3 is 0 Å². The summed E-state index contributed by atoms with van der Waals surface area (Å²) < 4.78 is 0. The van der Waals surface area contributed by atoms with Crippen LogP contribution >= 0.6 is 0 Å². The fourth-order valence-corrected chi connectivity index (χ4v) is 2.95. The summed E-state index contributed by atoms with van der Waals surface area (Å²) in [6, 6.07) is 8.63. The molecule has 0 saturated heterocycles. The Hall–Kier alpha value is -1.37. The zero-order chi connectivity index (χ0) is 14.2. The van der Waals surface area contributed by atoms with Gasteiger partial charge in [-0.2, -0.15) is 0 Å². The zero-order valence-corrected chi connectivity index (χ0v) is 12.7. The van der Waals surface area contributed by atoms with Crippen LogP contribution in [-0.4, -0.2) is 5.78 Å². The number of aryl methyl sites for hydroxylation is 1. The van der Waals surface area contributed by atoms with E-state index >= 15 is 0 Å². The van der Waals surface area contributed by atoms with Crippen LogP contribution in [-0.2, 0) is 11.2 Å². The molecular formula is C19H26O. The zero-order valence-electron chi connectivity index (χ0n) is 12.7. The molecule has 0 spiro atoms. The van der Waals surface area contributed by atoms with Crippen molar-refractivity contribution in [3.63, 3.8) is 0 Å². The summed E-state index contributed by atoms with van der Waals surface area (Å²) in [6.07, 6.45) is 11.8. The fraction of sp³-hybridized carbons (Fsp3) is 0.526. The molecule has 1 aliphatic rings. The van der Waals surface area contributed by atoms with Crippen molar-refractivity contribution in [2.45, 2.75) is 64.7 Å². The SMILES string of the molecule is CCCCCCC(=O)CCC1=CCCc2ccccc21. The predicted octanol–water partition coefficient (Wildman–Crippen LogP) is 5.34. The average molecular weight is 270 g/mol. The van der Waals surface area contributed by atoms with Gasteiger partial charge in [-0.3, -0.25) is 4.79 Å². The molecule has 0 aliphatic heterocycles. The second-order valence-electron chi connectivity index (χ2n) is 5.77. The number of benzene rings is 1. The molecule has 1 nitrogen and oxygen atoms in total. The van der Waals surface area contributed by atoms with E-state index in [1.165, 1.54) is 36.0 Å². The van der Waals surface area contributed by atoms with Gasteiger partial charge in [0.05, 0.1) is 0 Å². The number of hydrogen-bond acceptors (Lipinski definition) is 1. The standard InChI is InChI=1S/C19H26O/c1-2-3-4-5-12-18(20)15-14-17-11-8-10-16-9-6-7-13-19(16)17/h6-7,9,11,13H,2-5,8,10,12,14-15H2,1H3. The monoisotopic (exact) mass is 270 g/mol. The number of rotatable bonds is 8. The maximum Gasteiger partial charge on any atom is 0.133 e. The molecule has 0 amide bonds. The van der Waals surface area contributed by atoms with Gasteiger partial charge >= 0.3 is 0 Å². The summed E-state index contributed by atoms with van der Waals surface area (Å²) in [6.45, 7) is 2.20. The number of unbranched alkanes of at least 4 members (excludes halogenated alkanes) is 3. The first-order chi connectivity index (χ1) is 9.81. The lowest BCUT2D eigenvalue weighted by Crippen LogP contribution is -2.03. The Balaban J connectivity index is 1.79. The fourth-order valence-electron chi connectivity index (χ4n) is 2.95. The summed E-state index contributed by atoms with van der Waals surface area (Å²) in [5.41, 5.74) is 4.20. The van der Waals surface area contributed by atoms with Gasteiger partial charge in [-0.05, 0) is 42.4 Å². The van der Waals surface area contributed by atoms with Crippen molar-refractivity contribution < 1.29 is 4.79 Å². The molecule has 0 N–H and O–H groups in total. The van der Waals surface area contributed by atoms with Crippen molar-refractivity contribution in [2.75, 3.05) is 0 Å². The highest BCUT2D eigenvalue weighted by Crippen LogP contribution is 2.29. The summed E-state index contributed by atoms with van der Waals surface area (Å²) in [5, 5.41) is 0. The van der Waals surface area contributed by atoms with Gasteiger partial charge in [-0.25, -0.2) is 0 Å². The summed E-state index contributed by atoms with van der Waals surface area (Å²) in [4.78, 5) is 11.9. The molecule has 1 heteroatoms. The first-order valence-corrected chi connectivity index (χ1v) is 8.10. The Kier molecular flexibility index (Phi) is 6.04. The number of fused-ring (bicyclic) bond motifs is 1. The second kappa shape index (κ2) is 8.04. The number of hydrogen-bond donors (Lipinski definition) is 0. The van der Waals surface area contributed by atoms with Crippen LogP contribution in [0.2, 0.25) is 0 Å². The van der Waals surface area contributed by atoms with Crippen LogP contribution in [0.4, 0.5) is 0 Å². The number of ketones is 1. The van der Waals surface area contributed by atoms with Crippen LogP contribution in [0.3, 0.4) is 0 Å². The molecule has 0 atom stereocenters. The topological polar surface area (TPSA) is 17.1 Å². The third kappa shape index (κ3) is 4.33. The molecule has 0 bridgehead atoms. The predicted molar refractivity (Wildman–Crippen MR) is 85.7 cm³/mol. The molecule has 1 aromatic carbocycles. The Morgan fingerprint density at radius 3 is 2.80 bits per heavy atom. The lowest BCUT2D eigenvalue weighted by atomic mass is 9.88. The number of allylic oxidation sites excluding steroid dienone is 2. The van der Waals surface area contributed by atoms with Crippen LogP contribution in [0.5, 0.6) is 0 Å². The molecule has 0 fully saturated rings. The second-order valence-corrected chi connectivity index (χ2v) is 5.77. The van der Waals surface area contributed by atoms with E-state index in [1.807, 2.05) is 0 Å². The molecule has 20 heavy (non-hydrogen) atoms. The van der Waals surface area contributed by atoms with Crippen molar-refractivity contribution in [3.8, 4) is 0 Å². The normalized spacial score (nSPS) is 13.8. The van der Waals surface area contributed by atoms with E-state index in [-0.39, 0.29) is 0 Å². The highest BCUT2D eigenvalue weighted by Gasteiger charge is 2.12. The van der Waals surface area contributed by atoms with E-state index in [4.69, 9.17) is 0 Å². The van der Waals surface area contributed by atoms with Crippen LogP contribution in [0.15, 0.2) is 30.3 Å².